The van der Waals surface area contributed by atoms with Gasteiger partial charge in [-0.1, -0.05) is 63.8 Å². The van der Waals surface area contributed by atoms with Crippen molar-refractivity contribution in [1.82, 2.24) is 0 Å². The lowest BCUT2D eigenvalue weighted by Gasteiger charge is -2.39. The molecule has 0 amide bonds. The van der Waals surface area contributed by atoms with Gasteiger partial charge in [-0.3, -0.25) is 0 Å². The van der Waals surface area contributed by atoms with E-state index in [9.17, 15) is 0 Å². The number of nitrogens with zero attached hydrogens (tertiary/aromatic N) is 2. The van der Waals surface area contributed by atoms with Gasteiger partial charge in [0.15, 0.2) is 0 Å². The molecular weight excluding hydrogens is 620 g/mol. The van der Waals surface area contributed by atoms with Crippen LogP contribution in [-0.4, -0.2) is 63.3 Å². The van der Waals surface area contributed by atoms with Gasteiger partial charge < -0.3 is 42.9 Å². The van der Waals surface area contributed by atoms with E-state index < -0.39 is 0 Å². The van der Waals surface area contributed by atoms with E-state index in [2.05, 4.69) is 83.6 Å². The number of unbranched alkanes of at least 4 members (excludes halogenated alkanes) is 3. The minimum atomic E-state index is 0. The van der Waals surface area contributed by atoms with Crippen molar-refractivity contribution in [3.63, 3.8) is 0 Å². The van der Waals surface area contributed by atoms with E-state index in [1.54, 1.807) is 22.3 Å². The molecule has 0 bridgehead atoms. The van der Waals surface area contributed by atoms with Crippen molar-refractivity contribution in [3.05, 3.63) is 22.3 Å². The second-order valence-corrected chi connectivity index (χ2v) is 16.6. The molecule has 0 aromatic rings. The van der Waals surface area contributed by atoms with Crippen LogP contribution in [0.25, 0.3) is 0 Å². The molecule has 0 aromatic heterocycles. The zero-order chi connectivity index (χ0) is 28.8. The van der Waals surface area contributed by atoms with Crippen LogP contribution in [0.1, 0.15) is 132 Å². The molecule has 0 fully saturated rings. The fourth-order valence-electron chi connectivity index (χ4n) is 8.44. The largest absolute Gasteiger partial charge is 1.00 e. The molecule has 4 heteroatoms. The van der Waals surface area contributed by atoms with E-state index in [4.69, 9.17) is 0 Å². The highest BCUT2D eigenvalue weighted by molar-refractivity contribution is 5.24. The van der Waals surface area contributed by atoms with Crippen LogP contribution in [0.3, 0.4) is 0 Å². The second kappa shape index (κ2) is 17.0. The first kappa shape index (κ1) is 40.4. The Morgan fingerprint density at radius 1 is 0.675 bits per heavy atom. The van der Waals surface area contributed by atoms with Gasteiger partial charge in [0, 0.05) is 12.3 Å². The summed E-state index contributed by atoms with van der Waals surface area (Å²) in [6, 6.07) is 0. The minimum Gasteiger partial charge on any atom is -1.00 e. The van der Waals surface area contributed by atoms with Crippen LogP contribution in [0, 0.1) is 22.7 Å². The normalized spacial score (nSPS) is 21.0. The maximum Gasteiger partial charge on any atom is 0.0811 e. The van der Waals surface area contributed by atoms with Gasteiger partial charge in [0.1, 0.15) is 0 Å². The Morgan fingerprint density at radius 2 is 1.18 bits per heavy atom. The molecule has 238 valence electrons. The van der Waals surface area contributed by atoms with Crippen LogP contribution >= 0.6 is 0 Å². The van der Waals surface area contributed by atoms with Gasteiger partial charge in [0.25, 0.3) is 0 Å². The standard InChI is InChI=1S/C36H70N2.2BrH/c1-29(27-33-30(2)19-17-22-35(33,5)6)28-38(11,12)25-16-14-13-15-24-37(9,10)26-21-32(4)34-31(3)20-18-23-36(34,7)8;;/h29,32H,13-28H2,1-12H3;2*1H/q+2;;/p-2. The van der Waals surface area contributed by atoms with Crippen LogP contribution in [-0.2, 0) is 0 Å². The third-order valence-electron chi connectivity index (χ3n) is 10.5. The van der Waals surface area contributed by atoms with Crippen LogP contribution in [0.5, 0.6) is 0 Å². The molecule has 2 atom stereocenters. The van der Waals surface area contributed by atoms with Gasteiger partial charge in [-0.05, 0) is 101 Å². The maximum atomic E-state index is 2.50. The monoisotopic (exact) mass is 688 g/mol. The van der Waals surface area contributed by atoms with E-state index in [-0.39, 0.29) is 34.0 Å². The van der Waals surface area contributed by atoms with Crippen LogP contribution in [0.4, 0.5) is 0 Å². The molecule has 2 aliphatic rings. The Bertz CT molecular complexity index is 819. The van der Waals surface area contributed by atoms with Gasteiger partial charge in [-0.25, -0.2) is 0 Å². The van der Waals surface area contributed by atoms with E-state index in [0.717, 1.165) is 11.8 Å². The molecule has 40 heavy (non-hydrogen) atoms. The number of hydrogen-bond donors (Lipinski definition) is 0. The Hall–Kier alpha value is 0.360. The molecule has 0 radical (unpaired) electrons. The quantitative estimate of drug-likeness (QED) is 0.140. The fraction of sp³-hybridized carbons (Fsp3) is 0.889. The van der Waals surface area contributed by atoms with Gasteiger partial charge >= 0.3 is 0 Å². The number of halogens is 2. The molecule has 0 spiro atoms. The number of quaternary nitrogens is 2. The molecule has 2 unspecified atom stereocenters. The average Bonchev–Trinajstić information content (AvgIpc) is 2.76. The highest BCUT2D eigenvalue weighted by Crippen LogP contribution is 2.45. The molecule has 2 aliphatic carbocycles. The zero-order valence-electron chi connectivity index (χ0n) is 29.1. The molecule has 0 heterocycles. The number of rotatable bonds is 15. The highest BCUT2D eigenvalue weighted by Gasteiger charge is 2.33. The SMILES string of the molecule is CC1=C(CC(C)C[N+](C)(C)CCCCCC[N+](C)(C)CCC(C)C2=C(C)CCCC2(C)C)C(C)(C)CCC1.[Br-].[Br-]. The lowest BCUT2D eigenvalue weighted by Crippen LogP contribution is -3.00. The van der Waals surface area contributed by atoms with Gasteiger partial charge in [0.05, 0.1) is 54.4 Å². The van der Waals surface area contributed by atoms with E-state index in [1.165, 1.54) is 112 Å². The van der Waals surface area contributed by atoms with Crippen molar-refractivity contribution in [1.29, 1.82) is 0 Å². The first-order chi connectivity index (χ1) is 17.5. The van der Waals surface area contributed by atoms with Crippen molar-refractivity contribution in [2.24, 2.45) is 22.7 Å². The smallest absolute Gasteiger partial charge is 0.0811 e. The number of allylic oxidation sites excluding steroid dienone is 4. The molecule has 0 saturated heterocycles. The van der Waals surface area contributed by atoms with Gasteiger partial charge in [-0.15, -0.1) is 0 Å². The summed E-state index contributed by atoms with van der Waals surface area (Å²) in [5, 5.41) is 0. The number of hydrogen-bond acceptors (Lipinski definition) is 0. The zero-order valence-corrected chi connectivity index (χ0v) is 32.3. The molecule has 2 nitrogen and oxygen atoms in total. The average molecular weight is 691 g/mol. The Balaban J connectivity index is 0.00000760. The van der Waals surface area contributed by atoms with E-state index in [1.807, 2.05) is 0 Å². The van der Waals surface area contributed by atoms with Gasteiger partial charge in [-0.2, -0.15) is 0 Å². The molecule has 0 saturated carbocycles. The summed E-state index contributed by atoms with van der Waals surface area (Å²) < 4.78 is 2.36. The summed E-state index contributed by atoms with van der Waals surface area (Å²) in [6.07, 6.45) is 16.3. The predicted octanol–water partition coefficient (Wildman–Crippen LogP) is 3.81. The van der Waals surface area contributed by atoms with E-state index in [0.29, 0.717) is 10.8 Å². The second-order valence-electron chi connectivity index (χ2n) is 16.6. The highest BCUT2D eigenvalue weighted by atomic mass is 79.9. The van der Waals surface area contributed by atoms with Crippen LogP contribution in [0.15, 0.2) is 22.3 Å². The summed E-state index contributed by atoms with van der Waals surface area (Å²) in [5.41, 5.74) is 7.78. The third kappa shape index (κ3) is 12.9. The third-order valence-corrected chi connectivity index (χ3v) is 10.5. The predicted molar refractivity (Wildman–Crippen MR) is 170 cm³/mol. The Kier molecular flexibility index (Phi) is 17.2. The van der Waals surface area contributed by atoms with Crippen LogP contribution in [0.2, 0.25) is 0 Å². The van der Waals surface area contributed by atoms with Crippen molar-refractivity contribution >= 4 is 0 Å². The summed E-state index contributed by atoms with van der Waals surface area (Å²) >= 11 is 0. The van der Waals surface area contributed by atoms with Crippen molar-refractivity contribution in [2.45, 2.75) is 132 Å². The molecule has 2 rings (SSSR count). The summed E-state index contributed by atoms with van der Waals surface area (Å²) in [5.74, 6) is 1.50. The summed E-state index contributed by atoms with van der Waals surface area (Å²) in [4.78, 5) is 0. The first-order valence-corrected chi connectivity index (χ1v) is 16.5. The molecule has 0 aromatic carbocycles. The molecule has 0 aliphatic heterocycles. The lowest BCUT2D eigenvalue weighted by atomic mass is 9.68. The Labute approximate surface area is 273 Å². The van der Waals surface area contributed by atoms with Crippen molar-refractivity contribution in [2.75, 3.05) is 54.4 Å². The van der Waals surface area contributed by atoms with E-state index >= 15 is 0 Å². The van der Waals surface area contributed by atoms with Crippen LogP contribution < -0.4 is 34.0 Å². The topological polar surface area (TPSA) is 0 Å². The van der Waals surface area contributed by atoms with Crippen molar-refractivity contribution in [3.8, 4) is 0 Å². The molecular formula is C36H70Br2N2. The fourth-order valence-corrected chi connectivity index (χ4v) is 8.44. The molecule has 0 N–H and O–H groups in total. The Morgan fingerprint density at radius 3 is 1.70 bits per heavy atom. The minimum absolute atomic E-state index is 0. The van der Waals surface area contributed by atoms with Gasteiger partial charge in [0.2, 0.25) is 0 Å². The summed E-state index contributed by atoms with van der Waals surface area (Å²) in [6.45, 7) is 25.0. The summed E-state index contributed by atoms with van der Waals surface area (Å²) in [7, 11) is 9.86. The first-order valence-electron chi connectivity index (χ1n) is 16.5. The lowest BCUT2D eigenvalue weighted by molar-refractivity contribution is -0.893. The van der Waals surface area contributed by atoms with Crippen molar-refractivity contribution < 1.29 is 42.9 Å². The maximum absolute atomic E-state index is 2.50.